The molecule has 0 atom stereocenters. The van der Waals surface area contributed by atoms with E-state index in [0.717, 1.165) is 0 Å². The van der Waals surface area contributed by atoms with Gasteiger partial charge in [0.05, 0.1) is 16.3 Å². The first-order valence-electron chi connectivity index (χ1n) is 4.89. The molecule has 8 heteroatoms. The zero-order chi connectivity index (χ0) is 13.3. The fraction of sp³-hybridized carbons (Fsp3) is 0. The highest BCUT2D eigenvalue weighted by molar-refractivity contribution is 5.90. The fourth-order valence-electron chi connectivity index (χ4n) is 1.45. The summed E-state index contributed by atoms with van der Waals surface area (Å²) in [6, 6.07) is 5.41. The minimum atomic E-state index is -0.658. The molecule has 2 aromatic rings. The van der Waals surface area contributed by atoms with Crippen molar-refractivity contribution in [3.63, 3.8) is 0 Å². The lowest BCUT2D eigenvalue weighted by atomic mass is 10.2. The van der Waals surface area contributed by atoms with E-state index < -0.39 is 10.8 Å². The van der Waals surface area contributed by atoms with Crippen LogP contribution in [0.3, 0.4) is 0 Å². The normalized spacial score (nSPS) is 10.2. The third kappa shape index (κ3) is 1.98. The first-order chi connectivity index (χ1) is 8.49. The molecule has 1 aromatic heterocycles. The summed E-state index contributed by atoms with van der Waals surface area (Å²) in [6.07, 6.45) is 1.50. The zero-order valence-corrected chi connectivity index (χ0v) is 9.11. The maximum Gasteiger partial charge on any atom is 0.271 e. The number of amides is 1. The van der Waals surface area contributed by atoms with Crippen LogP contribution in [0.4, 0.5) is 11.4 Å². The van der Waals surface area contributed by atoms with E-state index in [1.165, 1.54) is 35.1 Å². The predicted octanol–water partition coefficient (Wildman–Crippen LogP) is 0.462. The zero-order valence-electron chi connectivity index (χ0n) is 9.11. The minimum Gasteiger partial charge on any atom is -0.397 e. The smallest absolute Gasteiger partial charge is 0.271 e. The lowest BCUT2D eigenvalue weighted by Crippen LogP contribution is -2.12. The Balaban J connectivity index is 2.44. The second-order valence-corrected chi connectivity index (χ2v) is 3.51. The SMILES string of the molecule is NC(=O)c1ccn(-c2ccc([N+](=O)[O-])cc2N)n1. The molecular weight excluding hydrogens is 238 g/mol. The largest absolute Gasteiger partial charge is 0.397 e. The van der Waals surface area contributed by atoms with Crippen molar-refractivity contribution in [3.05, 3.63) is 46.3 Å². The molecule has 0 saturated carbocycles. The Bertz CT molecular complexity index is 634. The summed E-state index contributed by atoms with van der Waals surface area (Å²) in [5, 5.41) is 14.5. The number of nitro groups is 1. The van der Waals surface area contributed by atoms with Crippen LogP contribution >= 0.6 is 0 Å². The highest BCUT2D eigenvalue weighted by Crippen LogP contribution is 2.22. The number of carbonyl (C=O) groups is 1. The number of hydrogen-bond donors (Lipinski definition) is 2. The predicted molar refractivity (Wildman–Crippen MR) is 63.1 cm³/mol. The Hall–Kier alpha value is -2.90. The number of anilines is 1. The van der Waals surface area contributed by atoms with Gasteiger partial charge < -0.3 is 11.5 Å². The lowest BCUT2D eigenvalue weighted by molar-refractivity contribution is -0.384. The van der Waals surface area contributed by atoms with Gasteiger partial charge in [0.15, 0.2) is 0 Å². The Morgan fingerprint density at radius 3 is 2.61 bits per heavy atom. The molecule has 0 bridgehead atoms. The number of aromatic nitrogens is 2. The van der Waals surface area contributed by atoms with Crippen molar-refractivity contribution in [1.29, 1.82) is 0 Å². The van der Waals surface area contributed by atoms with Crippen molar-refractivity contribution < 1.29 is 9.72 Å². The van der Waals surface area contributed by atoms with E-state index in [-0.39, 0.29) is 17.1 Å². The molecule has 0 aliphatic rings. The van der Waals surface area contributed by atoms with Crippen molar-refractivity contribution in [2.75, 3.05) is 5.73 Å². The molecule has 4 N–H and O–H groups in total. The third-order valence-electron chi connectivity index (χ3n) is 2.31. The van der Waals surface area contributed by atoms with Gasteiger partial charge in [-0.05, 0) is 12.1 Å². The molecule has 92 valence electrons. The van der Waals surface area contributed by atoms with E-state index in [1.807, 2.05) is 0 Å². The van der Waals surface area contributed by atoms with Gasteiger partial charge in [-0.25, -0.2) is 4.68 Å². The topological polar surface area (TPSA) is 130 Å². The van der Waals surface area contributed by atoms with E-state index in [4.69, 9.17) is 11.5 Å². The summed E-state index contributed by atoms with van der Waals surface area (Å²) in [5.41, 5.74) is 11.4. The molecule has 0 aliphatic carbocycles. The van der Waals surface area contributed by atoms with Crippen molar-refractivity contribution in [1.82, 2.24) is 9.78 Å². The molecule has 1 amide bonds. The summed E-state index contributed by atoms with van der Waals surface area (Å²) < 4.78 is 1.33. The number of nitrogens with zero attached hydrogens (tertiary/aromatic N) is 3. The van der Waals surface area contributed by atoms with Gasteiger partial charge in [0.25, 0.3) is 11.6 Å². The number of nitrogen functional groups attached to an aromatic ring is 1. The van der Waals surface area contributed by atoms with Crippen LogP contribution in [-0.2, 0) is 0 Å². The Morgan fingerprint density at radius 2 is 2.11 bits per heavy atom. The standard InChI is InChI=1S/C10H9N5O3/c11-7-5-6(15(17)18)1-2-9(7)14-4-3-8(13-14)10(12)16/h1-5H,11H2,(H2,12,16). The maximum atomic E-state index is 10.9. The lowest BCUT2D eigenvalue weighted by Gasteiger charge is -2.04. The summed E-state index contributed by atoms with van der Waals surface area (Å²) >= 11 is 0. The molecule has 0 aliphatic heterocycles. The van der Waals surface area contributed by atoms with Crippen LogP contribution in [0.2, 0.25) is 0 Å². The number of nitro benzene ring substituents is 1. The van der Waals surface area contributed by atoms with E-state index in [9.17, 15) is 14.9 Å². The van der Waals surface area contributed by atoms with Crippen LogP contribution < -0.4 is 11.5 Å². The molecule has 0 unspecified atom stereocenters. The summed E-state index contributed by atoms with van der Waals surface area (Å²) in [7, 11) is 0. The second kappa shape index (κ2) is 4.17. The van der Waals surface area contributed by atoms with Crippen LogP contribution in [0, 0.1) is 10.1 Å². The van der Waals surface area contributed by atoms with Crippen LogP contribution in [0.1, 0.15) is 10.5 Å². The Labute approximate surface area is 101 Å². The van der Waals surface area contributed by atoms with Crippen LogP contribution in [-0.4, -0.2) is 20.6 Å². The van der Waals surface area contributed by atoms with E-state index in [1.54, 1.807) is 0 Å². The van der Waals surface area contributed by atoms with Gasteiger partial charge >= 0.3 is 0 Å². The highest BCUT2D eigenvalue weighted by Gasteiger charge is 2.12. The highest BCUT2D eigenvalue weighted by atomic mass is 16.6. The molecule has 0 spiro atoms. The number of hydrogen-bond acceptors (Lipinski definition) is 5. The average Bonchev–Trinajstić information content (AvgIpc) is 2.78. The van der Waals surface area contributed by atoms with Crippen molar-refractivity contribution >= 4 is 17.3 Å². The van der Waals surface area contributed by atoms with Gasteiger partial charge in [-0.2, -0.15) is 5.10 Å². The van der Waals surface area contributed by atoms with E-state index >= 15 is 0 Å². The van der Waals surface area contributed by atoms with E-state index in [2.05, 4.69) is 5.10 Å². The van der Waals surface area contributed by atoms with Crippen LogP contribution in [0.15, 0.2) is 30.5 Å². The molecule has 2 rings (SSSR count). The first kappa shape index (κ1) is 11.6. The fourth-order valence-corrected chi connectivity index (χ4v) is 1.45. The van der Waals surface area contributed by atoms with E-state index in [0.29, 0.717) is 5.69 Å². The van der Waals surface area contributed by atoms with Gasteiger partial charge in [0.2, 0.25) is 0 Å². The molecule has 0 saturated heterocycles. The van der Waals surface area contributed by atoms with Crippen molar-refractivity contribution in [2.45, 2.75) is 0 Å². The number of carbonyl (C=O) groups excluding carboxylic acids is 1. The van der Waals surface area contributed by atoms with Crippen molar-refractivity contribution in [3.8, 4) is 5.69 Å². The monoisotopic (exact) mass is 247 g/mol. The Morgan fingerprint density at radius 1 is 1.39 bits per heavy atom. The van der Waals surface area contributed by atoms with Gasteiger partial charge in [0.1, 0.15) is 5.69 Å². The number of rotatable bonds is 3. The van der Waals surface area contributed by atoms with Gasteiger partial charge in [-0.3, -0.25) is 14.9 Å². The molecule has 0 fully saturated rings. The van der Waals surface area contributed by atoms with Crippen LogP contribution in [0.25, 0.3) is 5.69 Å². The number of nitrogens with two attached hydrogens (primary N) is 2. The second-order valence-electron chi connectivity index (χ2n) is 3.51. The minimum absolute atomic E-state index is 0.0905. The average molecular weight is 247 g/mol. The molecular formula is C10H9N5O3. The summed E-state index contributed by atoms with van der Waals surface area (Å²) in [4.78, 5) is 20.9. The third-order valence-corrected chi connectivity index (χ3v) is 2.31. The van der Waals surface area contributed by atoms with Gasteiger partial charge in [-0.15, -0.1) is 0 Å². The molecule has 8 nitrogen and oxygen atoms in total. The maximum absolute atomic E-state index is 10.9. The molecule has 1 heterocycles. The molecule has 0 radical (unpaired) electrons. The van der Waals surface area contributed by atoms with Gasteiger partial charge in [-0.1, -0.05) is 0 Å². The van der Waals surface area contributed by atoms with Crippen LogP contribution in [0.5, 0.6) is 0 Å². The quantitative estimate of drug-likeness (QED) is 0.462. The van der Waals surface area contributed by atoms with Gasteiger partial charge in [0, 0.05) is 18.3 Å². The number of primary amides is 1. The molecule has 18 heavy (non-hydrogen) atoms. The molecule has 1 aromatic carbocycles. The van der Waals surface area contributed by atoms with Crippen molar-refractivity contribution in [2.24, 2.45) is 5.73 Å². The summed E-state index contributed by atoms with van der Waals surface area (Å²) in [6.45, 7) is 0. The first-order valence-corrected chi connectivity index (χ1v) is 4.89. The number of benzene rings is 1. The Kier molecular flexibility index (Phi) is 2.68. The number of non-ortho nitro benzene ring substituents is 1. The summed E-state index contributed by atoms with van der Waals surface area (Å²) in [5.74, 6) is -0.658.